The molecular weight excluding hydrogens is 468 g/mol. The Kier molecular flexibility index (Phi) is 5.74. The number of fused-ring (bicyclic) bond motifs is 2. The fourth-order valence-corrected chi connectivity index (χ4v) is 6.12. The van der Waals surface area contributed by atoms with Gasteiger partial charge in [-0.3, -0.25) is 9.48 Å². The van der Waals surface area contributed by atoms with Crippen LogP contribution < -0.4 is 10.5 Å². The number of hydrogen-bond donors (Lipinski definition) is 1. The number of piperidine rings is 1. The zero-order valence-corrected chi connectivity index (χ0v) is 20.8. The Morgan fingerprint density at radius 1 is 1.29 bits per heavy atom. The summed E-state index contributed by atoms with van der Waals surface area (Å²) in [6, 6.07) is 7.09. The number of nitrogens with two attached hydrogens (primary N) is 1. The van der Waals surface area contributed by atoms with Crippen LogP contribution in [0.25, 0.3) is 11.0 Å². The van der Waals surface area contributed by atoms with Gasteiger partial charge in [0.1, 0.15) is 11.6 Å². The molecular formula is C24H28N6O4S. The van der Waals surface area contributed by atoms with Crippen molar-refractivity contribution in [2.75, 3.05) is 19.7 Å². The highest BCUT2D eigenvalue weighted by molar-refractivity contribution is 7.89. The minimum absolute atomic E-state index is 0.0278. The summed E-state index contributed by atoms with van der Waals surface area (Å²) in [5, 5.41) is 5.25. The first-order valence-corrected chi connectivity index (χ1v) is 13.2. The van der Waals surface area contributed by atoms with Gasteiger partial charge in [0, 0.05) is 31.7 Å². The van der Waals surface area contributed by atoms with E-state index in [4.69, 9.17) is 10.5 Å². The molecule has 1 amide bonds. The number of aromatic nitrogens is 3. The zero-order chi connectivity index (χ0) is 24.9. The van der Waals surface area contributed by atoms with Gasteiger partial charge in [0.2, 0.25) is 0 Å². The highest BCUT2D eigenvalue weighted by Gasteiger charge is 2.29. The van der Waals surface area contributed by atoms with Gasteiger partial charge in [-0.1, -0.05) is 12.1 Å². The van der Waals surface area contributed by atoms with Crippen molar-refractivity contribution in [3.63, 3.8) is 0 Å². The van der Waals surface area contributed by atoms with Crippen molar-refractivity contribution in [1.29, 1.82) is 0 Å². The van der Waals surface area contributed by atoms with Crippen molar-refractivity contribution in [3.8, 4) is 5.75 Å². The van der Waals surface area contributed by atoms with E-state index in [1.54, 1.807) is 22.9 Å². The Morgan fingerprint density at radius 3 is 2.89 bits per heavy atom. The molecule has 0 spiro atoms. The normalized spacial score (nSPS) is 19.3. The molecule has 1 fully saturated rings. The Labute approximate surface area is 203 Å². The van der Waals surface area contributed by atoms with Crippen LogP contribution in [-0.4, -0.2) is 59.5 Å². The topological polar surface area (TPSA) is 133 Å². The van der Waals surface area contributed by atoms with Gasteiger partial charge in [-0.05, 0) is 44.4 Å². The molecule has 4 heterocycles. The smallest absolute Gasteiger partial charge is 0.259 e. The predicted molar refractivity (Wildman–Crippen MR) is 132 cm³/mol. The number of rotatable bonds is 4. The van der Waals surface area contributed by atoms with Crippen LogP contribution in [0.1, 0.15) is 45.7 Å². The molecule has 10 nitrogen and oxygen atoms in total. The van der Waals surface area contributed by atoms with Gasteiger partial charge in [-0.15, -0.1) is 4.40 Å². The number of hydrogen-bond acceptors (Lipinski definition) is 7. The second-order valence-corrected chi connectivity index (χ2v) is 10.9. The van der Waals surface area contributed by atoms with Crippen molar-refractivity contribution in [3.05, 3.63) is 52.3 Å². The fourth-order valence-electron chi connectivity index (χ4n) is 5.03. The quantitative estimate of drug-likeness (QED) is 0.584. The van der Waals surface area contributed by atoms with Gasteiger partial charge in [0.05, 0.1) is 34.6 Å². The van der Waals surface area contributed by atoms with Crippen LogP contribution in [-0.2, 0) is 22.8 Å². The predicted octanol–water partition coefficient (Wildman–Crippen LogP) is 2.07. The summed E-state index contributed by atoms with van der Waals surface area (Å²) in [7, 11) is -1.78. The van der Waals surface area contributed by atoms with Crippen LogP contribution in [0.15, 0.2) is 28.7 Å². The van der Waals surface area contributed by atoms with E-state index >= 15 is 0 Å². The minimum atomic E-state index is -3.61. The number of likely N-dealkylation sites (tertiary alicyclic amines) is 1. The van der Waals surface area contributed by atoms with E-state index in [0.717, 1.165) is 29.6 Å². The molecule has 0 bridgehead atoms. The molecule has 3 aromatic rings. The van der Waals surface area contributed by atoms with E-state index in [9.17, 15) is 13.2 Å². The Hall–Kier alpha value is -3.47. The summed E-state index contributed by atoms with van der Waals surface area (Å²) in [5.74, 6) is 0.368. The summed E-state index contributed by atoms with van der Waals surface area (Å²) in [5.41, 5.74) is 9.96. The lowest BCUT2D eigenvalue weighted by Crippen LogP contribution is -2.41. The second kappa shape index (κ2) is 8.63. The SMILES string of the molecule is Cc1cc(C(=O)N2CCC[C@H](COc3cccc4c3C(N)=NS(=O)(=O)C4)C2)c2c(C)nn(C)c2n1. The average Bonchev–Trinajstić information content (AvgIpc) is 3.08. The van der Waals surface area contributed by atoms with Gasteiger partial charge in [0.15, 0.2) is 5.65 Å². The molecule has 35 heavy (non-hydrogen) atoms. The fraction of sp³-hybridized carbons (Fsp3) is 0.417. The number of carbonyl (C=O) groups is 1. The maximum Gasteiger partial charge on any atom is 0.259 e. The summed E-state index contributed by atoms with van der Waals surface area (Å²) < 4.78 is 35.3. The molecule has 0 unspecified atom stereocenters. The monoisotopic (exact) mass is 496 g/mol. The van der Waals surface area contributed by atoms with Crippen molar-refractivity contribution in [2.24, 2.45) is 23.1 Å². The van der Waals surface area contributed by atoms with Crippen LogP contribution in [0.5, 0.6) is 5.75 Å². The molecule has 11 heteroatoms. The van der Waals surface area contributed by atoms with Crippen LogP contribution in [0, 0.1) is 19.8 Å². The molecule has 1 atom stereocenters. The highest BCUT2D eigenvalue weighted by Crippen LogP contribution is 2.30. The van der Waals surface area contributed by atoms with Gasteiger partial charge in [0.25, 0.3) is 15.9 Å². The Morgan fingerprint density at radius 2 is 2.09 bits per heavy atom. The molecule has 0 saturated carbocycles. The van der Waals surface area contributed by atoms with Crippen molar-refractivity contribution in [1.82, 2.24) is 19.7 Å². The molecule has 2 aliphatic heterocycles. The number of amidine groups is 1. The third-order valence-electron chi connectivity index (χ3n) is 6.55. The first kappa shape index (κ1) is 23.3. The molecule has 2 N–H and O–H groups in total. The third kappa shape index (κ3) is 4.36. The second-order valence-electron chi connectivity index (χ2n) is 9.28. The standard InChI is InChI=1S/C24H28N6O4S/c1-14-10-18(20-15(2)27-29(3)23(20)26-14)24(31)30-9-5-6-16(11-30)12-34-19-8-4-7-17-13-35(32,33)28-22(25)21(17)19/h4,7-8,10,16H,5-6,9,11-13H2,1-3H3,(H2,25,28)/t16-/m0/s1. The van der Waals surface area contributed by atoms with Crippen molar-refractivity contribution >= 4 is 32.8 Å². The molecule has 2 aromatic heterocycles. The van der Waals surface area contributed by atoms with Gasteiger partial charge < -0.3 is 15.4 Å². The number of aryl methyl sites for hydroxylation is 3. The van der Waals surface area contributed by atoms with Crippen molar-refractivity contribution in [2.45, 2.75) is 32.4 Å². The minimum Gasteiger partial charge on any atom is -0.492 e. The average molecular weight is 497 g/mol. The van der Waals surface area contributed by atoms with Crippen LogP contribution in [0.3, 0.4) is 0 Å². The van der Waals surface area contributed by atoms with E-state index < -0.39 is 10.0 Å². The van der Waals surface area contributed by atoms with Crippen LogP contribution in [0.4, 0.5) is 0 Å². The number of carbonyl (C=O) groups excluding carboxylic acids is 1. The molecule has 184 valence electrons. The molecule has 1 aromatic carbocycles. The highest BCUT2D eigenvalue weighted by atomic mass is 32.2. The molecule has 0 radical (unpaired) electrons. The van der Waals surface area contributed by atoms with E-state index in [1.165, 1.54) is 0 Å². The molecule has 0 aliphatic carbocycles. The molecule has 1 saturated heterocycles. The number of ether oxygens (including phenoxy) is 1. The third-order valence-corrected chi connectivity index (χ3v) is 7.70. The van der Waals surface area contributed by atoms with E-state index in [-0.39, 0.29) is 23.4 Å². The van der Waals surface area contributed by atoms with Gasteiger partial charge in [-0.2, -0.15) is 5.10 Å². The van der Waals surface area contributed by atoms with Crippen molar-refractivity contribution < 1.29 is 17.9 Å². The van der Waals surface area contributed by atoms with Crippen LogP contribution >= 0.6 is 0 Å². The summed E-state index contributed by atoms with van der Waals surface area (Å²) >= 11 is 0. The van der Waals surface area contributed by atoms with Crippen LogP contribution in [0.2, 0.25) is 0 Å². The molecule has 2 aliphatic rings. The largest absolute Gasteiger partial charge is 0.492 e. The number of benzene rings is 1. The Balaban J connectivity index is 1.34. The van der Waals surface area contributed by atoms with Gasteiger partial charge in [-0.25, -0.2) is 13.4 Å². The first-order chi connectivity index (χ1) is 16.6. The number of pyridine rings is 1. The maximum atomic E-state index is 13.6. The van der Waals surface area contributed by atoms with Gasteiger partial charge >= 0.3 is 0 Å². The number of nitrogens with zero attached hydrogens (tertiary/aromatic N) is 5. The lowest BCUT2D eigenvalue weighted by molar-refractivity contribution is 0.0635. The summed E-state index contributed by atoms with van der Waals surface area (Å²) in [6.45, 7) is 5.40. The summed E-state index contributed by atoms with van der Waals surface area (Å²) in [6.07, 6.45) is 1.79. The molecule has 5 rings (SSSR count). The van der Waals surface area contributed by atoms with E-state index in [0.29, 0.717) is 47.8 Å². The Bertz CT molecular complexity index is 1480. The van der Waals surface area contributed by atoms with E-state index in [2.05, 4.69) is 14.5 Å². The first-order valence-electron chi connectivity index (χ1n) is 11.6. The summed E-state index contributed by atoms with van der Waals surface area (Å²) in [4.78, 5) is 20.0. The lowest BCUT2D eigenvalue weighted by Gasteiger charge is -2.33. The number of amides is 1. The zero-order valence-electron chi connectivity index (χ0n) is 20.0. The lowest BCUT2D eigenvalue weighted by atomic mass is 9.97. The van der Waals surface area contributed by atoms with E-state index in [1.807, 2.05) is 31.9 Å². The number of sulfonamides is 1. The maximum absolute atomic E-state index is 13.6.